The number of fused-ring (bicyclic) bond motifs is 2. The molecule has 10 heteroatoms. The van der Waals surface area contributed by atoms with Crippen LogP contribution in [-0.2, 0) is 17.6 Å². The lowest BCUT2D eigenvalue weighted by Gasteiger charge is -2.41. The van der Waals surface area contributed by atoms with Gasteiger partial charge in [-0.3, -0.25) is 9.89 Å². The van der Waals surface area contributed by atoms with E-state index in [0.717, 1.165) is 55.7 Å². The van der Waals surface area contributed by atoms with Gasteiger partial charge in [0, 0.05) is 36.6 Å². The number of piperazine rings is 1. The Morgan fingerprint density at radius 3 is 2.88 bits per heavy atom. The molecule has 2 saturated heterocycles. The van der Waals surface area contributed by atoms with Gasteiger partial charge in [-0.1, -0.05) is 12.6 Å². The van der Waals surface area contributed by atoms with Gasteiger partial charge in [0.05, 0.1) is 35.9 Å². The van der Waals surface area contributed by atoms with Crippen molar-refractivity contribution in [3.63, 3.8) is 0 Å². The Kier molecular flexibility index (Phi) is 8.11. The minimum Gasteiger partial charge on any atom is -0.462 e. The molecule has 2 fully saturated rings. The van der Waals surface area contributed by atoms with Gasteiger partial charge in [-0.05, 0) is 88.2 Å². The molecule has 0 saturated carbocycles. The van der Waals surface area contributed by atoms with Gasteiger partial charge in [0.2, 0.25) is 5.91 Å². The summed E-state index contributed by atoms with van der Waals surface area (Å²) < 4.78 is 6.34. The quantitative estimate of drug-likeness (QED) is 0.337. The first-order chi connectivity index (χ1) is 20.5. The van der Waals surface area contributed by atoms with Crippen molar-refractivity contribution < 1.29 is 9.53 Å². The van der Waals surface area contributed by atoms with Crippen molar-refractivity contribution in [1.82, 2.24) is 30.0 Å². The van der Waals surface area contributed by atoms with E-state index in [1.807, 2.05) is 6.20 Å². The van der Waals surface area contributed by atoms with E-state index >= 15 is 0 Å². The molecular formula is C32H40N8O2. The van der Waals surface area contributed by atoms with Crippen molar-refractivity contribution in [2.75, 3.05) is 44.7 Å². The van der Waals surface area contributed by atoms with Crippen molar-refractivity contribution in [2.24, 2.45) is 0 Å². The summed E-state index contributed by atoms with van der Waals surface area (Å²) in [5, 5.41) is 18.2. The minimum absolute atomic E-state index is 0.132. The van der Waals surface area contributed by atoms with Crippen LogP contribution in [0.1, 0.15) is 60.4 Å². The maximum Gasteiger partial charge on any atom is 0.318 e. The third-order valence-electron chi connectivity index (χ3n) is 9.40. The van der Waals surface area contributed by atoms with Gasteiger partial charge >= 0.3 is 6.01 Å². The molecule has 2 aliphatic heterocycles. The minimum atomic E-state index is -0.226. The standard InChI is InChI=1S/C32H40N8O2/c1-4-29(41)40-16-15-39(19-23(40)12-13-33)31-25-9-5-7-22(30-21(2)10-11-27-26(30)18-34-37-27)17-28(25)35-32(36-31)42-20-24-8-6-14-38(24)3/h4,10-11,18,22-24H,1,5-9,12,14-17,19-20H2,2-3H3,(H,34,37)/t22?,23-,24-/m0/s1. The van der Waals surface area contributed by atoms with Crippen LogP contribution in [0.2, 0.25) is 0 Å². The number of hydrogen-bond acceptors (Lipinski definition) is 8. The number of aromatic nitrogens is 4. The Hall–Kier alpha value is -3.97. The SMILES string of the molecule is C=CC(=O)N1CCN(c2nc(OC[C@@H]3CCCN3C)nc3c2CCCC(c2c(C)ccc4[nH]ncc24)C3)C[C@@H]1CC#N. The number of benzene rings is 1. The fraction of sp³-hybridized carbons (Fsp3) is 0.531. The molecule has 220 valence electrons. The van der Waals surface area contributed by atoms with E-state index < -0.39 is 0 Å². The zero-order valence-corrected chi connectivity index (χ0v) is 24.7. The second-order valence-corrected chi connectivity index (χ2v) is 12.0. The van der Waals surface area contributed by atoms with Gasteiger partial charge in [-0.15, -0.1) is 0 Å². The summed E-state index contributed by atoms with van der Waals surface area (Å²) in [6, 6.07) is 7.11. The third kappa shape index (κ3) is 5.45. The van der Waals surface area contributed by atoms with Gasteiger partial charge in [0.25, 0.3) is 0 Å². The number of amides is 1. The van der Waals surface area contributed by atoms with E-state index in [1.165, 1.54) is 34.6 Å². The number of H-pyrrole nitrogens is 1. The molecule has 4 heterocycles. The van der Waals surface area contributed by atoms with Crippen LogP contribution in [0.4, 0.5) is 5.82 Å². The Morgan fingerprint density at radius 2 is 2.10 bits per heavy atom. The van der Waals surface area contributed by atoms with Crippen LogP contribution in [0, 0.1) is 18.3 Å². The maximum absolute atomic E-state index is 12.6. The summed E-state index contributed by atoms with van der Waals surface area (Å²) in [5.41, 5.74) is 5.88. The Balaban J connectivity index is 1.36. The Bertz CT molecular complexity index is 1510. The number of hydrogen-bond donors (Lipinski definition) is 1. The highest BCUT2D eigenvalue weighted by atomic mass is 16.5. The fourth-order valence-corrected chi connectivity index (χ4v) is 7.14. The molecule has 1 unspecified atom stereocenters. The number of rotatable bonds is 7. The zero-order chi connectivity index (χ0) is 29.2. The molecule has 0 bridgehead atoms. The van der Waals surface area contributed by atoms with Crippen molar-refractivity contribution in [3.8, 4) is 12.1 Å². The second-order valence-electron chi connectivity index (χ2n) is 12.0. The van der Waals surface area contributed by atoms with Crippen LogP contribution in [0.15, 0.2) is 31.0 Å². The number of likely N-dealkylation sites (tertiary alicyclic amines) is 1. The number of ether oxygens (including phenoxy) is 1. The largest absolute Gasteiger partial charge is 0.462 e. The number of aryl methyl sites for hydroxylation is 1. The van der Waals surface area contributed by atoms with E-state index in [-0.39, 0.29) is 18.4 Å². The number of anilines is 1. The summed E-state index contributed by atoms with van der Waals surface area (Å²) in [7, 11) is 2.15. The molecule has 1 aliphatic carbocycles. The molecule has 3 atom stereocenters. The van der Waals surface area contributed by atoms with E-state index in [0.29, 0.717) is 44.2 Å². The van der Waals surface area contributed by atoms with Crippen LogP contribution in [0.3, 0.4) is 0 Å². The van der Waals surface area contributed by atoms with Crippen LogP contribution in [0.25, 0.3) is 10.9 Å². The van der Waals surface area contributed by atoms with E-state index in [1.54, 1.807) is 4.90 Å². The molecule has 1 aromatic carbocycles. The number of carbonyl (C=O) groups is 1. The van der Waals surface area contributed by atoms with Crippen LogP contribution >= 0.6 is 0 Å². The number of likely N-dealkylation sites (N-methyl/N-ethyl adjacent to an activating group) is 1. The number of nitriles is 1. The molecule has 0 radical (unpaired) electrons. The maximum atomic E-state index is 12.6. The van der Waals surface area contributed by atoms with Crippen molar-refractivity contribution in [2.45, 2.75) is 69.9 Å². The number of nitrogens with zero attached hydrogens (tertiary/aromatic N) is 7. The van der Waals surface area contributed by atoms with Crippen molar-refractivity contribution >= 4 is 22.6 Å². The topological polar surface area (TPSA) is 114 Å². The molecular weight excluding hydrogens is 528 g/mol. The molecule has 0 spiro atoms. The van der Waals surface area contributed by atoms with E-state index in [9.17, 15) is 10.1 Å². The highest BCUT2D eigenvalue weighted by Crippen LogP contribution is 2.39. The summed E-state index contributed by atoms with van der Waals surface area (Å²) in [5.74, 6) is 1.06. The summed E-state index contributed by atoms with van der Waals surface area (Å²) >= 11 is 0. The van der Waals surface area contributed by atoms with Crippen LogP contribution < -0.4 is 9.64 Å². The third-order valence-corrected chi connectivity index (χ3v) is 9.40. The predicted octanol–water partition coefficient (Wildman–Crippen LogP) is 3.91. The molecule has 10 nitrogen and oxygen atoms in total. The van der Waals surface area contributed by atoms with Crippen LogP contribution in [0.5, 0.6) is 6.01 Å². The smallest absolute Gasteiger partial charge is 0.318 e. The first kappa shape index (κ1) is 28.2. The normalized spacial score (nSPS) is 22.9. The summed E-state index contributed by atoms with van der Waals surface area (Å²) in [6.07, 6.45) is 9.57. The highest BCUT2D eigenvalue weighted by Gasteiger charge is 2.34. The lowest BCUT2D eigenvalue weighted by molar-refractivity contribution is -0.128. The number of nitrogens with one attached hydrogen (secondary N) is 1. The van der Waals surface area contributed by atoms with Crippen molar-refractivity contribution in [3.05, 3.63) is 53.4 Å². The Labute approximate surface area is 247 Å². The van der Waals surface area contributed by atoms with E-state index in [4.69, 9.17) is 14.7 Å². The Morgan fingerprint density at radius 1 is 1.21 bits per heavy atom. The summed E-state index contributed by atoms with van der Waals surface area (Å²) in [4.78, 5) is 29.0. The number of carbonyl (C=O) groups excluding carboxylic acids is 1. The fourth-order valence-electron chi connectivity index (χ4n) is 7.14. The van der Waals surface area contributed by atoms with Gasteiger partial charge in [0.15, 0.2) is 0 Å². The first-order valence-corrected chi connectivity index (χ1v) is 15.2. The summed E-state index contributed by atoms with van der Waals surface area (Å²) in [6.45, 7) is 9.18. The second kappa shape index (κ2) is 12.1. The van der Waals surface area contributed by atoms with E-state index in [2.05, 4.69) is 58.7 Å². The average molecular weight is 569 g/mol. The van der Waals surface area contributed by atoms with Crippen LogP contribution in [-0.4, -0.2) is 87.8 Å². The van der Waals surface area contributed by atoms with Gasteiger partial charge in [0.1, 0.15) is 12.4 Å². The lowest BCUT2D eigenvalue weighted by atomic mass is 9.86. The molecule has 1 N–H and O–H groups in total. The van der Waals surface area contributed by atoms with Gasteiger partial charge < -0.3 is 19.4 Å². The number of aromatic amines is 1. The molecule has 3 aliphatic rings. The van der Waals surface area contributed by atoms with Gasteiger partial charge in [-0.2, -0.15) is 20.3 Å². The monoisotopic (exact) mass is 568 g/mol. The molecule has 42 heavy (non-hydrogen) atoms. The molecule has 1 amide bonds. The molecule has 6 rings (SSSR count). The molecule has 3 aromatic rings. The first-order valence-electron chi connectivity index (χ1n) is 15.2. The zero-order valence-electron chi connectivity index (χ0n) is 24.7. The molecule has 2 aromatic heterocycles. The predicted molar refractivity (Wildman–Crippen MR) is 162 cm³/mol. The van der Waals surface area contributed by atoms with Crippen molar-refractivity contribution in [1.29, 1.82) is 5.26 Å². The highest BCUT2D eigenvalue weighted by molar-refractivity contribution is 5.87. The average Bonchev–Trinajstić information content (AvgIpc) is 3.58. The van der Waals surface area contributed by atoms with Gasteiger partial charge in [-0.25, -0.2) is 0 Å². The lowest BCUT2D eigenvalue weighted by Crippen LogP contribution is -2.55.